The summed E-state index contributed by atoms with van der Waals surface area (Å²) in [5, 5.41) is 14.3. The van der Waals surface area contributed by atoms with Crippen LogP contribution in [0.4, 0.5) is 15.8 Å². The molecule has 0 bridgehead atoms. The Morgan fingerprint density at radius 1 is 1.24 bits per heavy atom. The number of nitrogens with one attached hydrogen (secondary N) is 1. The van der Waals surface area contributed by atoms with Crippen LogP contribution in [0, 0.1) is 15.9 Å². The van der Waals surface area contributed by atoms with Crippen LogP contribution in [0.2, 0.25) is 10.0 Å². The van der Waals surface area contributed by atoms with Crippen molar-refractivity contribution in [1.82, 2.24) is 0 Å². The molecule has 8 heteroatoms. The van der Waals surface area contributed by atoms with E-state index < -0.39 is 16.4 Å². The Kier molecular flexibility index (Phi) is 5.03. The van der Waals surface area contributed by atoms with E-state index in [1.54, 1.807) is 12.1 Å². The highest BCUT2D eigenvalue weighted by Gasteiger charge is 2.14. The first-order valence-electron chi connectivity index (χ1n) is 5.70. The van der Waals surface area contributed by atoms with E-state index in [0.717, 1.165) is 12.1 Å². The summed E-state index contributed by atoms with van der Waals surface area (Å²) in [4.78, 5) is 9.77. The minimum absolute atomic E-state index is 0.257. The van der Waals surface area contributed by atoms with Gasteiger partial charge in [0, 0.05) is 17.1 Å². The Labute approximate surface area is 138 Å². The van der Waals surface area contributed by atoms with Crippen LogP contribution in [0.25, 0.3) is 0 Å². The lowest BCUT2D eigenvalue weighted by atomic mass is 10.2. The van der Waals surface area contributed by atoms with Crippen LogP contribution < -0.4 is 5.32 Å². The third-order valence-corrected chi connectivity index (χ3v) is 4.50. The molecule has 0 aromatic heterocycles. The van der Waals surface area contributed by atoms with Gasteiger partial charge in [0.1, 0.15) is 0 Å². The van der Waals surface area contributed by atoms with Crippen LogP contribution in [-0.2, 0) is 6.54 Å². The first-order valence-corrected chi connectivity index (χ1v) is 7.25. The lowest BCUT2D eigenvalue weighted by Crippen LogP contribution is -2.02. The maximum absolute atomic E-state index is 13.5. The standard InChI is InChI=1S/C13H8BrCl2FN2O2/c14-8-2-3-10(13(16)12(8)15)18-6-7-1-4-11(19(20)21)9(17)5-7/h1-5,18H,6H2. The van der Waals surface area contributed by atoms with E-state index in [4.69, 9.17) is 23.2 Å². The number of halogens is 4. The smallest absolute Gasteiger partial charge is 0.304 e. The number of rotatable bonds is 4. The highest BCUT2D eigenvalue weighted by atomic mass is 79.9. The molecule has 0 aliphatic carbocycles. The van der Waals surface area contributed by atoms with Crippen LogP contribution >= 0.6 is 39.1 Å². The molecular formula is C13H8BrCl2FN2O2. The van der Waals surface area contributed by atoms with Gasteiger partial charge in [0.2, 0.25) is 5.82 Å². The van der Waals surface area contributed by atoms with Gasteiger partial charge in [0.05, 0.1) is 20.7 Å². The molecule has 0 aliphatic heterocycles. The van der Waals surface area contributed by atoms with Crippen LogP contribution in [0.5, 0.6) is 0 Å². The maximum atomic E-state index is 13.5. The second-order valence-electron chi connectivity index (χ2n) is 4.12. The molecular weight excluding hydrogens is 386 g/mol. The van der Waals surface area contributed by atoms with E-state index in [1.165, 1.54) is 6.07 Å². The zero-order valence-electron chi connectivity index (χ0n) is 10.4. The summed E-state index contributed by atoms with van der Waals surface area (Å²) in [5.74, 6) is -0.876. The molecule has 0 saturated heterocycles. The first-order chi connectivity index (χ1) is 9.90. The Balaban J connectivity index is 2.15. The average molecular weight is 394 g/mol. The fraction of sp³-hybridized carbons (Fsp3) is 0.0769. The summed E-state index contributed by atoms with van der Waals surface area (Å²) in [6.45, 7) is 0.257. The van der Waals surface area contributed by atoms with Crippen molar-refractivity contribution in [2.24, 2.45) is 0 Å². The van der Waals surface area contributed by atoms with E-state index >= 15 is 0 Å². The predicted octanol–water partition coefficient (Wildman–Crippen LogP) is 5.42. The van der Waals surface area contributed by atoms with Gasteiger partial charge in [-0.3, -0.25) is 10.1 Å². The summed E-state index contributed by atoms with van der Waals surface area (Å²) in [7, 11) is 0. The SMILES string of the molecule is O=[N+]([O-])c1ccc(CNc2ccc(Br)c(Cl)c2Cl)cc1F. The van der Waals surface area contributed by atoms with Crippen LogP contribution in [0.3, 0.4) is 0 Å². The third kappa shape index (κ3) is 3.64. The molecule has 110 valence electrons. The summed E-state index contributed by atoms with van der Waals surface area (Å²) in [6.07, 6.45) is 0. The largest absolute Gasteiger partial charge is 0.380 e. The minimum Gasteiger partial charge on any atom is -0.380 e. The summed E-state index contributed by atoms with van der Waals surface area (Å²) in [6, 6.07) is 7.16. The average Bonchev–Trinajstić information content (AvgIpc) is 2.44. The van der Waals surface area contributed by atoms with Crippen molar-refractivity contribution in [3.05, 3.63) is 66.3 Å². The summed E-state index contributed by atoms with van der Waals surface area (Å²) in [5.41, 5.74) is 0.584. The Morgan fingerprint density at radius 3 is 2.57 bits per heavy atom. The zero-order chi connectivity index (χ0) is 15.6. The van der Waals surface area contributed by atoms with Gasteiger partial charge in [-0.15, -0.1) is 0 Å². The molecule has 0 atom stereocenters. The fourth-order valence-electron chi connectivity index (χ4n) is 1.67. The molecule has 21 heavy (non-hydrogen) atoms. The van der Waals surface area contributed by atoms with Gasteiger partial charge in [0.15, 0.2) is 0 Å². The number of hydrogen-bond acceptors (Lipinski definition) is 3. The number of anilines is 1. The van der Waals surface area contributed by atoms with Crippen LogP contribution in [-0.4, -0.2) is 4.92 Å². The van der Waals surface area contributed by atoms with Crippen molar-refractivity contribution in [3.8, 4) is 0 Å². The topological polar surface area (TPSA) is 55.2 Å². The van der Waals surface area contributed by atoms with Crippen LogP contribution in [0.15, 0.2) is 34.8 Å². The molecule has 0 fully saturated rings. The molecule has 0 radical (unpaired) electrons. The molecule has 0 unspecified atom stereocenters. The highest BCUT2D eigenvalue weighted by molar-refractivity contribution is 9.10. The quantitative estimate of drug-likeness (QED) is 0.429. The first kappa shape index (κ1) is 16.0. The van der Waals surface area contributed by atoms with Gasteiger partial charge < -0.3 is 5.32 Å². The van der Waals surface area contributed by atoms with Gasteiger partial charge in [-0.05, 0) is 39.7 Å². The third-order valence-electron chi connectivity index (χ3n) is 2.73. The molecule has 2 aromatic carbocycles. The van der Waals surface area contributed by atoms with Crippen molar-refractivity contribution in [2.45, 2.75) is 6.54 Å². The van der Waals surface area contributed by atoms with E-state index in [9.17, 15) is 14.5 Å². The number of nitro benzene ring substituents is 1. The van der Waals surface area contributed by atoms with E-state index in [2.05, 4.69) is 21.2 Å². The lowest BCUT2D eigenvalue weighted by molar-refractivity contribution is -0.387. The Bertz CT molecular complexity index is 713. The van der Waals surface area contributed by atoms with E-state index in [-0.39, 0.29) is 6.54 Å². The van der Waals surface area contributed by atoms with E-state index in [0.29, 0.717) is 25.8 Å². The zero-order valence-corrected chi connectivity index (χ0v) is 13.5. The fourth-order valence-corrected chi connectivity index (χ4v) is 2.51. The van der Waals surface area contributed by atoms with Crippen LogP contribution in [0.1, 0.15) is 5.56 Å². The summed E-state index contributed by atoms with van der Waals surface area (Å²) < 4.78 is 14.2. The van der Waals surface area contributed by atoms with Gasteiger partial charge in [-0.1, -0.05) is 29.3 Å². The molecule has 0 amide bonds. The highest BCUT2D eigenvalue weighted by Crippen LogP contribution is 2.36. The van der Waals surface area contributed by atoms with Gasteiger partial charge in [-0.25, -0.2) is 0 Å². The predicted molar refractivity (Wildman–Crippen MR) is 84.5 cm³/mol. The van der Waals surface area contributed by atoms with Crippen molar-refractivity contribution < 1.29 is 9.31 Å². The number of benzene rings is 2. The van der Waals surface area contributed by atoms with E-state index in [1.807, 2.05) is 0 Å². The van der Waals surface area contributed by atoms with Gasteiger partial charge in [0.25, 0.3) is 0 Å². The maximum Gasteiger partial charge on any atom is 0.304 e. The Hall–Kier alpha value is -1.37. The molecule has 1 N–H and O–H groups in total. The normalized spacial score (nSPS) is 10.5. The second kappa shape index (κ2) is 6.60. The molecule has 0 saturated carbocycles. The van der Waals surface area contributed by atoms with Gasteiger partial charge >= 0.3 is 5.69 Å². The lowest BCUT2D eigenvalue weighted by Gasteiger charge is -2.10. The van der Waals surface area contributed by atoms with Crippen molar-refractivity contribution in [3.63, 3.8) is 0 Å². The Morgan fingerprint density at radius 2 is 1.95 bits per heavy atom. The number of nitrogens with zero attached hydrogens (tertiary/aromatic N) is 1. The monoisotopic (exact) mass is 392 g/mol. The minimum atomic E-state index is -0.876. The number of nitro groups is 1. The van der Waals surface area contributed by atoms with Crippen molar-refractivity contribution in [1.29, 1.82) is 0 Å². The van der Waals surface area contributed by atoms with Crippen molar-refractivity contribution >= 4 is 50.5 Å². The molecule has 4 nitrogen and oxygen atoms in total. The molecule has 0 aliphatic rings. The van der Waals surface area contributed by atoms with Gasteiger partial charge in [-0.2, -0.15) is 4.39 Å². The second-order valence-corrected chi connectivity index (χ2v) is 5.73. The number of hydrogen-bond donors (Lipinski definition) is 1. The molecule has 2 aromatic rings. The molecule has 2 rings (SSSR count). The molecule has 0 spiro atoms. The summed E-state index contributed by atoms with van der Waals surface area (Å²) >= 11 is 15.3. The molecule has 0 heterocycles. The van der Waals surface area contributed by atoms with Crippen molar-refractivity contribution in [2.75, 3.05) is 5.32 Å².